The Hall–Kier alpha value is -3.41. The lowest BCUT2D eigenvalue weighted by Gasteiger charge is -2.28. The van der Waals surface area contributed by atoms with Crippen LogP contribution in [-0.2, 0) is 24.4 Å². The molecule has 0 radical (unpaired) electrons. The van der Waals surface area contributed by atoms with Crippen LogP contribution in [-0.4, -0.2) is 79.3 Å². The van der Waals surface area contributed by atoms with Gasteiger partial charge in [0.05, 0.1) is 10.7 Å². The van der Waals surface area contributed by atoms with Crippen molar-refractivity contribution in [2.75, 3.05) is 26.0 Å². The standard InChI is InChI=1S/C31H47N5O6S/c1-5-22(28(38)34-43(41,42)31(2)18-19-31)13-9-7-6-8-10-16-25(30(40)36-20-12-17-26(36)27(32)37)33-24-15-11-14-23(21-24)29(39)35(3)4/h9,11,13-15,21-22,25-26,33H,5-8,10,12,16-20H2,1-4H3,(H2,32,37)(H,34,38)/b13-9-/t22-,25-,26-/m0/s1. The van der Waals surface area contributed by atoms with E-state index < -0.39 is 44.6 Å². The number of likely N-dealkylation sites (tertiary alicyclic amines) is 1. The molecule has 3 atom stereocenters. The number of nitrogens with two attached hydrogens (primary N) is 1. The van der Waals surface area contributed by atoms with Crippen molar-refractivity contribution in [3.05, 3.63) is 42.0 Å². The zero-order chi connectivity index (χ0) is 31.8. The zero-order valence-corrected chi connectivity index (χ0v) is 26.6. The van der Waals surface area contributed by atoms with Crippen LogP contribution in [0.25, 0.3) is 0 Å². The van der Waals surface area contributed by atoms with Gasteiger partial charge in [-0.1, -0.05) is 38.0 Å². The number of sulfonamides is 1. The summed E-state index contributed by atoms with van der Waals surface area (Å²) in [5.41, 5.74) is 6.72. The first-order valence-corrected chi connectivity index (χ1v) is 16.7. The number of benzene rings is 1. The number of allylic oxidation sites excluding steroid dienone is 1. The van der Waals surface area contributed by atoms with E-state index in [9.17, 15) is 27.6 Å². The van der Waals surface area contributed by atoms with E-state index in [4.69, 9.17) is 5.73 Å². The van der Waals surface area contributed by atoms with Crippen molar-refractivity contribution in [3.8, 4) is 0 Å². The number of unbranched alkanes of at least 4 members (excludes halogenated alkanes) is 3. The van der Waals surface area contributed by atoms with Gasteiger partial charge < -0.3 is 20.9 Å². The first kappa shape index (κ1) is 34.1. The average Bonchev–Trinajstić information content (AvgIpc) is 3.53. The molecule has 43 heavy (non-hydrogen) atoms. The third kappa shape index (κ3) is 9.04. The number of nitrogens with one attached hydrogen (secondary N) is 2. The van der Waals surface area contributed by atoms with Gasteiger partial charge in [0.2, 0.25) is 27.7 Å². The molecule has 1 saturated carbocycles. The molecule has 4 N–H and O–H groups in total. The number of hydrogen-bond donors (Lipinski definition) is 3. The summed E-state index contributed by atoms with van der Waals surface area (Å²) in [6, 6.07) is 5.81. The SMILES string of the molecule is CC[C@@H](/C=C\CCCCC[C@H](Nc1cccc(C(=O)N(C)C)c1)C(=O)N1CCC[C@H]1C(N)=O)C(=O)NS(=O)(=O)C1(C)CC1. The summed E-state index contributed by atoms with van der Waals surface area (Å²) in [7, 11) is -0.304. The first-order chi connectivity index (χ1) is 20.3. The highest BCUT2D eigenvalue weighted by atomic mass is 32.2. The summed E-state index contributed by atoms with van der Waals surface area (Å²) in [6.07, 6.45) is 10.2. The third-order valence-corrected chi connectivity index (χ3v) is 10.5. The number of carbonyl (C=O) groups is 4. The van der Waals surface area contributed by atoms with Crippen molar-refractivity contribution in [1.82, 2.24) is 14.5 Å². The van der Waals surface area contributed by atoms with Gasteiger partial charge in [-0.3, -0.25) is 23.9 Å². The fraction of sp³-hybridized carbons (Fsp3) is 0.613. The largest absolute Gasteiger partial charge is 0.374 e. The lowest BCUT2D eigenvalue weighted by molar-refractivity contribution is -0.138. The van der Waals surface area contributed by atoms with E-state index >= 15 is 0 Å². The van der Waals surface area contributed by atoms with E-state index in [1.807, 2.05) is 19.1 Å². The molecule has 1 aromatic rings. The second kappa shape index (κ2) is 14.9. The number of rotatable bonds is 16. The molecule has 0 unspecified atom stereocenters. The summed E-state index contributed by atoms with van der Waals surface area (Å²) >= 11 is 0. The van der Waals surface area contributed by atoms with Gasteiger partial charge in [-0.15, -0.1) is 0 Å². The van der Waals surface area contributed by atoms with Crippen molar-refractivity contribution in [2.24, 2.45) is 11.7 Å². The fourth-order valence-corrected chi connectivity index (χ4v) is 6.52. The molecular formula is C31H47N5O6S. The second-order valence-corrected chi connectivity index (χ2v) is 14.3. The topological polar surface area (TPSA) is 159 Å². The average molecular weight is 618 g/mol. The van der Waals surface area contributed by atoms with Gasteiger partial charge in [0.15, 0.2) is 0 Å². The van der Waals surface area contributed by atoms with Crippen molar-refractivity contribution < 1.29 is 27.6 Å². The van der Waals surface area contributed by atoms with E-state index in [1.54, 1.807) is 50.2 Å². The smallest absolute Gasteiger partial charge is 0.253 e. The molecule has 0 spiro atoms. The molecule has 0 bridgehead atoms. The quantitative estimate of drug-likeness (QED) is 0.190. The Morgan fingerprint density at radius 3 is 2.51 bits per heavy atom. The number of anilines is 1. The normalized spacial score (nSPS) is 19.1. The summed E-state index contributed by atoms with van der Waals surface area (Å²) in [5.74, 6) is -1.84. The minimum atomic E-state index is -3.66. The van der Waals surface area contributed by atoms with Gasteiger partial charge in [-0.05, 0) is 76.5 Å². The zero-order valence-electron chi connectivity index (χ0n) is 25.8. The monoisotopic (exact) mass is 617 g/mol. The second-order valence-electron chi connectivity index (χ2n) is 12.1. The summed E-state index contributed by atoms with van der Waals surface area (Å²) in [5, 5.41) is 3.30. The van der Waals surface area contributed by atoms with Crippen LogP contribution in [0.4, 0.5) is 5.69 Å². The molecule has 0 aromatic heterocycles. The molecule has 1 aliphatic carbocycles. The van der Waals surface area contributed by atoms with Gasteiger partial charge in [-0.2, -0.15) is 0 Å². The predicted molar refractivity (Wildman–Crippen MR) is 167 cm³/mol. The Bertz CT molecular complexity index is 1310. The molecule has 1 aromatic carbocycles. The molecule has 2 aliphatic rings. The Labute approximate surface area is 255 Å². The number of nitrogens with zero attached hydrogens (tertiary/aromatic N) is 2. The van der Waals surface area contributed by atoms with Crippen molar-refractivity contribution in [2.45, 2.75) is 94.9 Å². The minimum absolute atomic E-state index is 0.144. The number of primary amides is 1. The van der Waals surface area contributed by atoms with Crippen LogP contribution in [0.1, 0.15) is 88.4 Å². The lowest BCUT2D eigenvalue weighted by atomic mass is 10.0. The van der Waals surface area contributed by atoms with E-state index in [2.05, 4.69) is 10.0 Å². The minimum Gasteiger partial charge on any atom is -0.374 e. The highest BCUT2D eigenvalue weighted by Gasteiger charge is 2.51. The summed E-state index contributed by atoms with van der Waals surface area (Å²) in [6.45, 7) is 3.97. The molecule has 238 valence electrons. The highest BCUT2D eigenvalue weighted by Crippen LogP contribution is 2.42. The molecule has 2 fully saturated rings. The molecule has 11 nitrogen and oxygen atoms in total. The Balaban J connectivity index is 1.56. The maximum Gasteiger partial charge on any atom is 0.253 e. The predicted octanol–water partition coefficient (Wildman–Crippen LogP) is 3.18. The number of amides is 4. The Morgan fingerprint density at radius 1 is 1.16 bits per heavy atom. The fourth-order valence-electron chi connectivity index (χ4n) is 5.22. The molecular weight excluding hydrogens is 570 g/mol. The lowest BCUT2D eigenvalue weighted by Crippen LogP contribution is -2.49. The third-order valence-electron chi connectivity index (χ3n) is 8.37. The first-order valence-electron chi connectivity index (χ1n) is 15.2. The van der Waals surface area contributed by atoms with E-state index in [1.165, 1.54) is 4.90 Å². The van der Waals surface area contributed by atoms with Gasteiger partial charge in [0.25, 0.3) is 5.91 Å². The van der Waals surface area contributed by atoms with E-state index in [0.717, 1.165) is 19.3 Å². The van der Waals surface area contributed by atoms with Crippen LogP contribution in [0, 0.1) is 5.92 Å². The van der Waals surface area contributed by atoms with Crippen molar-refractivity contribution in [3.63, 3.8) is 0 Å². The Kier molecular flexibility index (Phi) is 11.8. The number of hydrogen-bond acceptors (Lipinski definition) is 7. The van der Waals surface area contributed by atoms with Crippen LogP contribution in [0.15, 0.2) is 36.4 Å². The maximum atomic E-state index is 13.6. The van der Waals surface area contributed by atoms with Crippen LogP contribution in [0.5, 0.6) is 0 Å². The molecule has 12 heteroatoms. The highest BCUT2D eigenvalue weighted by molar-refractivity contribution is 7.91. The van der Waals surface area contributed by atoms with Gasteiger partial charge in [0, 0.05) is 31.9 Å². The Morgan fingerprint density at radius 2 is 1.88 bits per heavy atom. The molecule has 1 heterocycles. The van der Waals surface area contributed by atoms with Gasteiger partial charge in [-0.25, -0.2) is 8.42 Å². The number of carbonyl (C=O) groups excluding carboxylic acids is 4. The molecule has 1 aliphatic heterocycles. The molecule has 4 amide bonds. The van der Waals surface area contributed by atoms with Crippen molar-refractivity contribution in [1.29, 1.82) is 0 Å². The van der Waals surface area contributed by atoms with Crippen LogP contribution in [0.2, 0.25) is 0 Å². The molecule has 1 saturated heterocycles. The van der Waals surface area contributed by atoms with Gasteiger partial charge >= 0.3 is 0 Å². The van der Waals surface area contributed by atoms with Crippen LogP contribution in [0.3, 0.4) is 0 Å². The van der Waals surface area contributed by atoms with Crippen molar-refractivity contribution >= 4 is 39.3 Å². The van der Waals surface area contributed by atoms with Crippen LogP contribution < -0.4 is 15.8 Å². The molecule has 3 rings (SSSR count). The van der Waals surface area contributed by atoms with E-state index in [0.29, 0.717) is 62.7 Å². The summed E-state index contributed by atoms with van der Waals surface area (Å²) in [4.78, 5) is 53.6. The summed E-state index contributed by atoms with van der Waals surface area (Å²) < 4.78 is 26.2. The van der Waals surface area contributed by atoms with Gasteiger partial charge in [0.1, 0.15) is 12.1 Å². The van der Waals surface area contributed by atoms with E-state index in [-0.39, 0.29) is 11.8 Å². The van der Waals surface area contributed by atoms with Crippen LogP contribution >= 0.6 is 0 Å². The maximum absolute atomic E-state index is 13.6.